The molecule has 5 heteroatoms. The summed E-state index contributed by atoms with van der Waals surface area (Å²) in [5, 5.41) is 15.2. The van der Waals surface area contributed by atoms with E-state index >= 15 is 0 Å². The van der Waals surface area contributed by atoms with Crippen molar-refractivity contribution in [2.75, 3.05) is 6.61 Å². The van der Waals surface area contributed by atoms with Crippen LogP contribution >= 0.6 is 11.6 Å². The number of benzene rings is 3. The molecule has 0 spiro atoms. The predicted molar refractivity (Wildman–Crippen MR) is 126 cm³/mol. The molecule has 1 aliphatic rings. The fourth-order valence-electron chi connectivity index (χ4n) is 3.92. The average molecular weight is 435 g/mol. The molecule has 0 aliphatic carbocycles. The van der Waals surface area contributed by atoms with E-state index in [-0.39, 0.29) is 18.0 Å². The molecule has 2 atom stereocenters. The van der Waals surface area contributed by atoms with Crippen LogP contribution in [0, 0.1) is 0 Å². The van der Waals surface area contributed by atoms with E-state index in [2.05, 4.69) is 36.5 Å². The molecule has 2 N–H and O–H groups in total. The Hall–Kier alpha value is -2.82. The van der Waals surface area contributed by atoms with E-state index in [4.69, 9.17) is 21.3 Å². The number of aliphatic imine (C=N–C) groups is 1. The highest BCUT2D eigenvalue weighted by Gasteiger charge is 2.28. The van der Waals surface area contributed by atoms with Crippen molar-refractivity contribution >= 4 is 17.3 Å². The van der Waals surface area contributed by atoms with Crippen LogP contribution in [0.5, 0.6) is 11.5 Å². The summed E-state index contributed by atoms with van der Waals surface area (Å²) in [6, 6.07) is 21.8. The van der Waals surface area contributed by atoms with E-state index in [0.29, 0.717) is 23.8 Å². The van der Waals surface area contributed by atoms with E-state index in [0.717, 1.165) is 28.8 Å². The van der Waals surface area contributed by atoms with Crippen LogP contribution in [-0.4, -0.2) is 17.4 Å². The van der Waals surface area contributed by atoms with Gasteiger partial charge in [-0.1, -0.05) is 67.1 Å². The van der Waals surface area contributed by atoms with Gasteiger partial charge in [0.05, 0.1) is 6.61 Å². The van der Waals surface area contributed by atoms with Gasteiger partial charge in [-0.25, -0.2) is 0 Å². The first-order valence-corrected chi connectivity index (χ1v) is 11.1. The third-order valence-corrected chi connectivity index (χ3v) is 5.88. The lowest BCUT2D eigenvalue weighted by atomic mass is 9.93. The van der Waals surface area contributed by atoms with Gasteiger partial charge in [0.1, 0.15) is 6.17 Å². The van der Waals surface area contributed by atoms with Gasteiger partial charge in [-0.05, 0) is 48.2 Å². The highest BCUT2D eigenvalue weighted by Crippen LogP contribution is 2.39. The molecule has 0 saturated carbocycles. The molecule has 3 aromatic rings. The van der Waals surface area contributed by atoms with Crippen molar-refractivity contribution in [3.05, 3.63) is 94.0 Å². The second-order valence-electron chi connectivity index (χ2n) is 7.63. The van der Waals surface area contributed by atoms with Crippen molar-refractivity contribution in [3.63, 3.8) is 0 Å². The van der Waals surface area contributed by atoms with E-state index < -0.39 is 0 Å². The maximum atomic E-state index is 10.9. The van der Waals surface area contributed by atoms with Crippen LogP contribution in [0.1, 0.15) is 54.7 Å². The number of aromatic hydroxyl groups is 1. The molecule has 4 rings (SSSR count). The average Bonchev–Trinajstić information content (AvgIpc) is 2.81. The van der Waals surface area contributed by atoms with Gasteiger partial charge in [-0.2, -0.15) is 0 Å². The topological polar surface area (TPSA) is 53.8 Å². The van der Waals surface area contributed by atoms with Crippen molar-refractivity contribution in [1.82, 2.24) is 5.32 Å². The number of rotatable bonds is 6. The molecule has 3 aromatic carbocycles. The van der Waals surface area contributed by atoms with Gasteiger partial charge in [0.15, 0.2) is 11.5 Å². The summed E-state index contributed by atoms with van der Waals surface area (Å²) in [5.74, 6) is 0.681. The Kier molecular flexibility index (Phi) is 6.59. The van der Waals surface area contributed by atoms with Crippen LogP contribution in [0.25, 0.3) is 0 Å². The zero-order chi connectivity index (χ0) is 21.8. The first-order valence-electron chi connectivity index (χ1n) is 10.7. The number of para-hydroxylation sites is 1. The minimum absolute atomic E-state index is 0.112. The highest BCUT2D eigenvalue weighted by molar-refractivity contribution is 6.30. The standard InChI is InChI=1S/C26H27ClN2O2/c1-3-17-8-10-18(11-9-17)22-16-23(21-6-5-7-24(25(21)30)31-4-2)29-26(28-22)19-12-14-20(27)15-13-19/h5-15,23,26,29-30H,3-4,16H2,1-2H3/t23-,26+/m1/s1. The van der Waals surface area contributed by atoms with E-state index in [1.807, 2.05) is 43.3 Å². The molecule has 0 saturated heterocycles. The molecule has 0 aromatic heterocycles. The van der Waals surface area contributed by atoms with E-state index in [1.165, 1.54) is 5.56 Å². The Labute approximate surface area is 188 Å². The Balaban J connectivity index is 1.73. The van der Waals surface area contributed by atoms with Gasteiger partial charge in [0.2, 0.25) is 0 Å². The predicted octanol–water partition coefficient (Wildman–Crippen LogP) is 6.23. The van der Waals surface area contributed by atoms with Gasteiger partial charge < -0.3 is 9.84 Å². The van der Waals surface area contributed by atoms with Crippen molar-refractivity contribution in [1.29, 1.82) is 0 Å². The second-order valence-corrected chi connectivity index (χ2v) is 8.07. The summed E-state index contributed by atoms with van der Waals surface area (Å²) in [7, 11) is 0. The molecule has 0 bridgehead atoms. The highest BCUT2D eigenvalue weighted by atomic mass is 35.5. The van der Waals surface area contributed by atoms with Crippen LogP contribution in [0.3, 0.4) is 0 Å². The first-order chi connectivity index (χ1) is 15.1. The van der Waals surface area contributed by atoms with Gasteiger partial charge in [-0.15, -0.1) is 0 Å². The van der Waals surface area contributed by atoms with Crippen LogP contribution in [0.2, 0.25) is 5.02 Å². The summed E-state index contributed by atoms with van der Waals surface area (Å²) < 4.78 is 5.61. The van der Waals surface area contributed by atoms with Crippen LogP contribution in [0.4, 0.5) is 0 Å². The minimum atomic E-state index is -0.244. The summed E-state index contributed by atoms with van der Waals surface area (Å²) in [5.41, 5.74) is 5.24. The smallest absolute Gasteiger partial charge is 0.162 e. The van der Waals surface area contributed by atoms with Crippen molar-refractivity contribution in [2.45, 2.75) is 38.9 Å². The molecule has 0 radical (unpaired) electrons. The molecule has 160 valence electrons. The SMILES string of the molecule is CCOc1cccc([C@H]2CC(c3ccc(CC)cc3)=N[C@H](c3ccc(Cl)cc3)N2)c1O. The Bertz CT molecular complexity index is 1060. The van der Waals surface area contributed by atoms with Crippen LogP contribution in [0.15, 0.2) is 71.7 Å². The summed E-state index contributed by atoms with van der Waals surface area (Å²) in [6.45, 7) is 4.56. The normalized spacial score (nSPS) is 18.5. The first kappa shape index (κ1) is 21.4. The fourth-order valence-corrected chi connectivity index (χ4v) is 4.05. The third kappa shape index (κ3) is 4.76. The van der Waals surface area contributed by atoms with Crippen molar-refractivity contribution in [3.8, 4) is 11.5 Å². The monoisotopic (exact) mass is 434 g/mol. The molecule has 1 aliphatic heterocycles. The van der Waals surface area contributed by atoms with Crippen molar-refractivity contribution < 1.29 is 9.84 Å². The number of ether oxygens (including phenoxy) is 1. The molecular formula is C26H27ClN2O2. The number of phenolic OH excluding ortho intramolecular Hbond substituents is 1. The number of phenols is 1. The summed E-state index contributed by atoms with van der Waals surface area (Å²) in [4.78, 5) is 5.02. The van der Waals surface area contributed by atoms with E-state index in [1.54, 1.807) is 6.07 Å². The Morgan fingerprint density at radius 2 is 1.77 bits per heavy atom. The molecule has 4 nitrogen and oxygen atoms in total. The van der Waals surface area contributed by atoms with Gasteiger partial charge in [0, 0.05) is 28.8 Å². The molecule has 0 amide bonds. The number of halogens is 1. The molecule has 0 unspecified atom stereocenters. The Morgan fingerprint density at radius 3 is 2.45 bits per heavy atom. The minimum Gasteiger partial charge on any atom is -0.504 e. The lowest BCUT2D eigenvalue weighted by Crippen LogP contribution is -2.33. The third-order valence-electron chi connectivity index (χ3n) is 5.63. The summed E-state index contributed by atoms with van der Waals surface area (Å²) >= 11 is 6.09. The quantitative estimate of drug-likeness (QED) is 0.483. The van der Waals surface area contributed by atoms with Crippen LogP contribution < -0.4 is 10.1 Å². The lowest BCUT2D eigenvalue weighted by Gasteiger charge is -2.31. The zero-order valence-electron chi connectivity index (χ0n) is 17.8. The lowest BCUT2D eigenvalue weighted by molar-refractivity contribution is 0.313. The van der Waals surface area contributed by atoms with Gasteiger partial charge in [0.25, 0.3) is 0 Å². The molecular weight excluding hydrogens is 408 g/mol. The fraction of sp³-hybridized carbons (Fsp3) is 0.269. The zero-order valence-corrected chi connectivity index (χ0v) is 18.6. The second kappa shape index (κ2) is 9.54. The van der Waals surface area contributed by atoms with Gasteiger partial charge >= 0.3 is 0 Å². The number of nitrogens with zero attached hydrogens (tertiary/aromatic N) is 1. The number of hydrogen-bond donors (Lipinski definition) is 2. The molecule has 0 fully saturated rings. The number of nitrogens with one attached hydrogen (secondary N) is 1. The number of hydrogen-bond acceptors (Lipinski definition) is 4. The Morgan fingerprint density at radius 1 is 1.03 bits per heavy atom. The van der Waals surface area contributed by atoms with Gasteiger partial charge in [-0.3, -0.25) is 10.3 Å². The maximum Gasteiger partial charge on any atom is 0.162 e. The van der Waals surface area contributed by atoms with Crippen molar-refractivity contribution in [2.24, 2.45) is 4.99 Å². The number of aryl methyl sites for hydroxylation is 1. The summed E-state index contributed by atoms with van der Waals surface area (Å²) in [6.07, 6.45) is 1.42. The largest absolute Gasteiger partial charge is 0.504 e. The van der Waals surface area contributed by atoms with Crippen LogP contribution in [-0.2, 0) is 6.42 Å². The maximum absolute atomic E-state index is 10.9. The molecule has 1 heterocycles. The molecule has 31 heavy (non-hydrogen) atoms. The van der Waals surface area contributed by atoms with E-state index in [9.17, 15) is 5.11 Å².